The molecule has 8 heteroatoms. The summed E-state index contributed by atoms with van der Waals surface area (Å²) in [7, 11) is 0. The predicted molar refractivity (Wildman–Crippen MR) is 61.6 cm³/mol. The second-order valence-corrected chi connectivity index (χ2v) is 3.74. The lowest BCUT2D eigenvalue weighted by molar-refractivity contribution is -0.386. The third kappa shape index (κ3) is 3.49. The van der Waals surface area contributed by atoms with Gasteiger partial charge in [-0.1, -0.05) is 12.1 Å². The minimum Gasteiger partial charge on any atom is -0.481 e. The maximum absolute atomic E-state index is 10.8. The first-order valence-electron chi connectivity index (χ1n) is 5.23. The van der Waals surface area contributed by atoms with Crippen molar-refractivity contribution < 1.29 is 29.8 Å². The van der Waals surface area contributed by atoms with Crippen LogP contribution in [0.2, 0.25) is 0 Å². The van der Waals surface area contributed by atoms with E-state index in [1.165, 1.54) is 12.1 Å². The van der Waals surface area contributed by atoms with Crippen molar-refractivity contribution in [3.8, 4) is 0 Å². The highest BCUT2D eigenvalue weighted by Gasteiger charge is 2.28. The molecular formula is C11H11NO7. The summed E-state index contributed by atoms with van der Waals surface area (Å²) < 4.78 is 0. The van der Waals surface area contributed by atoms with E-state index in [0.717, 1.165) is 6.07 Å². The van der Waals surface area contributed by atoms with Gasteiger partial charge in [0.25, 0.3) is 5.69 Å². The number of aryl methyl sites for hydroxylation is 1. The number of hydrogen-bond donors (Lipinski definition) is 3. The monoisotopic (exact) mass is 269 g/mol. The van der Waals surface area contributed by atoms with Crippen LogP contribution in [0.5, 0.6) is 0 Å². The van der Waals surface area contributed by atoms with Gasteiger partial charge in [0.05, 0.1) is 10.5 Å². The molecule has 0 radical (unpaired) electrons. The highest BCUT2D eigenvalue weighted by molar-refractivity contribution is 5.77. The van der Waals surface area contributed by atoms with E-state index in [-0.39, 0.29) is 24.0 Å². The predicted octanol–water partition coefficient (Wildman–Crippen LogP) is 0.730. The number of carboxylic acid groups (broad SMARTS) is 2. The molecule has 0 aliphatic carbocycles. The molecule has 0 aliphatic heterocycles. The summed E-state index contributed by atoms with van der Waals surface area (Å²) in [5.74, 6) is -2.76. The molecule has 1 unspecified atom stereocenters. The number of nitro benzene ring substituents is 1. The van der Waals surface area contributed by atoms with Gasteiger partial charge in [-0.15, -0.1) is 0 Å². The number of benzene rings is 1. The van der Waals surface area contributed by atoms with Crippen molar-refractivity contribution >= 4 is 17.6 Å². The van der Waals surface area contributed by atoms with Gasteiger partial charge in [0.15, 0.2) is 6.10 Å². The number of nitro groups is 1. The van der Waals surface area contributed by atoms with E-state index in [9.17, 15) is 24.8 Å². The zero-order valence-corrected chi connectivity index (χ0v) is 9.65. The summed E-state index contributed by atoms with van der Waals surface area (Å²) in [6.07, 6.45) is -2.48. The van der Waals surface area contributed by atoms with Crippen LogP contribution in [0, 0.1) is 10.1 Å². The summed E-state index contributed by atoms with van der Waals surface area (Å²) >= 11 is 0. The molecule has 1 aromatic rings. The number of nitrogens with zero attached hydrogens (tertiary/aromatic N) is 1. The van der Waals surface area contributed by atoms with Crippen LogP contribution in [0.15, 0.2) is 18.2 Å². The zero-order chi connectivity index (χ0) is 14.6. The zero-order valence-electron chi connectivity index (χ0n) is 9.65. The Labute approximate surface area is 107 Å². The van der Waals surface area contributed by atoms with Crippen LogP contribution >= 0.6 is 0 Å². The van der Waals surface area contributed by atoms with E-state index in [1.807, 2.05) is 0 Å². The Morgan fingerprint density at radius 3 is 2.42 bits per heavy atom. The average Bonchev–Trinajstić information content (AvgIpc) is 2.34. The Balaban J connectivity index is 3.29. The third-order valence-corrected chi connectivity index (χ3v) is 2.49. The molecule has 0 amide bonds. The van der Waals surface area contributed by atoms with Crippen LogP contribution in [0.3, 0.4) is 0 Å². The van der Waals surface area contributed by atoms with Gasteiger partial charge in [-0.25, -0.2) is 4.79 Å². The van der Waals surface area contributed by atoms with Crippen LogP contribution < -0.4 is 0 Å². The van der Waals surface area contributed by atoms with Crippen LogP contribution in [-0.2, 0) is 16.0 Å². The smallest absolute Gasteiger partial charge is 0.337 e. The summed E-state index contributed by atoms with van der Waals surface area (Å²) in [6.45, 7) is 0. The van der Waals surface area contributed by atoms with Gasteiger partial charge >= 0.3 is 11.9 Å². The lowest BCUT2D eigenvalue weighted by atomic mass is 9.97. The summed E-state index contributed by atoms with van der Waals surface area (Å²) in [4.78, 5) is 31.3. The SMILES string of the molecule is O=C(O)CCc1cccc([N+](=O)[O-])c1C(O)C(=O)O. The second kappa shape index (κ2) is 5.91. The fourth-order valence-electron chi connectivity index (χ4n) is 1.66. The number of rotatable bonds is 6. The third-order valence-electron chi connectivity index (χ3n) is 2.49. The second-order valence-electron chi connectivity index (χ2n) is 3.74. The first-order chi connectivity index (χ1) is 8.84. The Morgan fingerprint density at radius 1 is 1.32 bits per heavy atom. The molecule has 1 atom stereocenters. The Bertz CT molecular complexity index is 526. The van der Waals surface area contributed by atoms with Crippen molar-refractivity contribution in [1.29, 1.82) is 0 Å². The number of aliphatic carboxylic acids is 2. The van der Waals surface area contributed by atoms with Gasteiger partial charge in [0.1, 0.15) is 0 Å². The van der Waals surface area contributed by atoms with Crippen LogP contribution in [0.25, 0.3) is 0 Å². The maximum atomic E-state index is 10.8. The number of hydrogen-bond acceptors (Lipinski definition) is 5. The standard InChI is InChI=1S/C11H11NO7/c13-8(14)5-4-6-2-1-3-7(12(18)19)9(6)10(15)11(16)17/h1-3,10,15H,4-5H2,(H,13,14)(H,16,17). The summed E-state index contributed by atoms with van der Waals surface area (Å²) in [5, 5.41) is 37.7. The lowest BCUT2D eigenvalue weighted by Crippen LogP contribution is -2.15. The van der Waals surface area contributed by atoms with E-state index in [2.05, 4.69) is 0 Å². The molecule has 3 N–H and O–H groups in total. The molecule has 0 aliphatic rings. The minimum atomic E-state index is -2.06. The van der Waals surface area contributed by atoms with E-state index >= 15 is 0 Å². The molecule has 0 spiro atoms. The van der Waals surface area contributed by atoms with Crippen molar-refractivity contribution in [2.75, 3.05) is 0 Å². The molecule has 1 aromatic carbocycles. The molecule has 19 heavy (non-hydrogen) atoms. The molecule has 0 fully saturated rings. The fourth-order valence-corrected chi connectivity index (χ4v) is 1.66. The molecule has 0 aromatic heterocycles. The van der Waals surface area contributed by atoms with Gasteiger partial charge < -0.3 is 15.3 Å². The van der Waals surface area contributed by atoms with E-state index in [0.29, 0.717) is 0 Å². The summed E-state index contributed by atoms with van der Waals surface area (Å²) in [5.41, 5.74) is -0.787. The molecule has 0 saturated carbocycles. The molecule has 8 nitrogen and oxygen atoms in total. The highest BCUT2D eigenvalue weighted by atomic mass is 16.6. The highest BCUT2D eigenvalue weighted by Crippen LogP contribution is 2.29. The van der Waals surface area contributed by atoms with Crippen molar-refractivity contribution in [2.45, 2.75) is 18.9 Å². The number of aliphatic hydroxyl groups is 1. The van der Waals surface area contributed by atoms with Crippen molar-refractivity contribution in [3.63, 3.8) is 0 Å². The van der Waals surface area contributed by atoms with E-state index in [1.54, 1.807) is 0 Å². The van der Waals surface area contributed by atoms with E-state index < -0.39 is 28.7 Å². The van der Waals surface area contributed by atoms with Gasteiger partial charge in [-0.2, -0.15) is 0 Å². The fraction of sp³-hybridized carbons (Fsp3) is 0.273. The van der Waals surface area contributed by atoms with Gasteiger partial charge in [-0.3, -0.25) is 14.9 Å². The van der Waals surface area contributed by atoms with Crippen LogP contribution in [0.4, 0.5) is 5.69 Å². The van der Waals surface area contributed by atoms with Crippen molar-refractivity contribution in [3.05, 3.63) is 39.4 Å². The number of carbonyl (C=O) groups is 2. The number of carboxylic acids is 2. The molecule has 0 heterocycles. The molecule has 1 rings (SSSR count). The number of aliphatic hydroxyl groups excluding tert-OH is 1. The molecule has 102 valence electrons. The summed E-state index contributed by atoms with van der Waals surface area (Å²) in [6, 6.07) is 3.73. The first-order valence-corrected chi connectivity index (χ1v) is 5.23. The van der Waals surface area contributed by atoms with E-state index in [4.69, 9.17) is 10.2 Å². The van der Waals surface area contributed by atoms with Crippen molar-refractivity contribution in [2.24, 2.45) is 0 Å². The average molecular weight is 269 g/mol. The van der Waals surface area contributed by atoms with Crippen LogP contribution in [-0.4, -0.2) is 32.2 Å². The molecule has 0 saturated heterocycles. The quantitative estimate of drug-likeness (QED) is 0.511. The Kier molecular flexibility index (Phi) is 4.54. The molecule has 0 bridgehead atoms. The molecular weight excluding hydrogens is 258 g/mol. The Morgan fingerprint density at radius 2 is 1.95 bits per heavy atom. The topological polar surface area (TPSA) is 138 Å². The maximum Gasteiger partial charge on any atom is 0.337 e. The van der Waals surface area contributed by atoms with Gasteiger partial charge in [-0.05, 0) is 12.0 Å². The lowest BCUT2D eigenvalue weighted by Gasteiger charge is -2.12. The Hall–Kier alpha value is -2.48. The largest absolute Gasteiger partial charge is 0.481 e. The van der Waals surface area contributed by atoms with Crippen LogP contribution in [0.1, 0.15) is 23.7 Å². The normalized spacial score (nSPS) is 11.8. The minimum absolute atomic E-state index is 0.101. The van der Waals surface area contributed by atoms with Gasteiger partial charge in [0.2, 0.25) is 0 Å². The first kappa shape index (κ1) is 14.6. The van der Waals surface area contributed by atoms with Crippen molar-refractivity contribution in [1.82, 2.24) is 0 Å². The van der Waals surface area contributed by atoms with Gasteiger partial charge in [0, 0.05) is 12.5 Å².